The molecule has 0 saturated carbocycles. The molecule has 1 aromatic rings. The lowest BCUT2D eigenvalue weighted by molar-refractivity contribution is -0.427. The molecule has 2 heterocycles. The third-order valence-corrected chi connectivity index (χ3v) is 5.48. The summed E-state index contributed by atoms with van der Waals surface area (Å²) in [6.45, 7) is 8.45. The number of rotatable bonds is 4. The molecule has 0 fully saturated rings. The van der Waals surface area contributed by atoms with Gasteiger partial charge in [0, 0.05) is 35.4 Å². The van der Waals surface area contributed by atoms with E-state index in [9.17, 15) is 14.9 Å². The maximum absolute atomic E-state index is 13.2. The first-order chi connectivity index (χ1) is 12.0. The van der Waals surface area contributed by atoms with E-state index in [1.807, 2.05) is 18.2 Å². The Morgan fingerprint density at radius 3 is 2.64 bits per heavy atom. The number of fused-ring (bicyclic) bond motifs is 1. The molecule has 1 aliphatic heterocycles. The molecule has 2 atom stereocenters. The Morgan fingerprint density at radius 1 is 1.28 bits per heavy atom. The lowest BCUT2D eigenvalue weighted by Gasteiger charge is -2.34. The maximum Gasteiger partial charge on any atom is 0.262 e. The largest absolute Gasteiger partial charge is 0.285 e. The Balaban J connectivity index is 2.13. The van der Waals surface area contributed by atoms with E-state index in [4.69, 9.17) is 0 Å². The van der Waals surface area contributed by atoms with Crippen LogP contribution in [-0.4, -0.2) is 9.49 Å². The first-order valence-corrected chi connectivity index (χ1v) is 8.98. The van der Waals surface area contributed by atoms with Crippen molar-refractivity contribution < 1.29 is 4.92 Å². The molecule has 1 aromatic heterocycles. The second-order valence-corrected chi connectivity index (χ2v) is 6.84. The SMILES string of the molecule is C=C1C(CC)CC(CC)c2ccc(C3=CCCC([N+](=O)[O-])=C3)c(=O)n21. The van der Waals surface area contributed by atoms with E-state index >= 15 is 0 Å². The van der Waals surface area contributed by atoms with Crippen molar-refractivity contribution >= 4 is 11.3 Å². The highest BCUT2D eigenvalue weighted by molar-refractivity contribution is 5.75. The molecule has 0 radical (unpaired) electrons. The van der Waals surface area contributed by atoms with Crippen LogP contribution < -0.4 is 5.56 Å². The summed E-state index contributed by atoms with van der Waals surface area (Å²) in [5.74, 6) is 0.651. The highest BCUT2D eigenvalue weighted by Crippen LogP contribution is 2.39. The fourth-order valence-electron chi connectivity index (χ4n) is 3.97. The summed E-state index contributed by atoms with van der Waals surface area (Å²) in [5.41, 5.74) is 3.10. The molecule has 0 amide bonds. The van der Waals surface area contributed by atoms with E-state index in [1.54, 1.807) is 4.57 Å². The zero-order valence-electron chi connectivity index (χ0n) is 14.8. The van der Waals surface area contributed by atoms with Crippen LogP contribution in [0.2, 0.25) is 0 Å². The minimum absolute atomic E-state index is 0.105. The summed E-state index contributed by atoms with van der Waals surface area (Å²) in [4.78, 5) is 23.9. The zero-order chi connectivity index (χ0) is 18.1. The minimum atomic E-state index is -0.359. The van der Waals surface area contributed by atoms with E-state index < -0.39 is 0 Å². The highest BCUT2D eigenvalue weighted by Gasteiger charge is 2.30. The van der Waals surface area contributed by atoms with Gasteiger partial charge < -0.3 is 0 Å². The first kappa shape index (κ1) is 17.4. The summed E-state index contributed by atoms with van der Waals surface area (Å²) >= 11 is 0. The van der Waals surface area contributed by atoms with Crippen LogP contribution in [0.15, 0.2) is 41.4 Å². The molecule has 0 saturated heterocycles. The molecule has 2 unspecified atom stereocenters. The Morgan fingerprint density at radius 2 is 2.00 bits per heavy atom. The molecule has 3 rings (SSSR count). The van der Waals surface area contributed by atoms with Crippen LogP contribution in [0.1, 0.15) is 63.1 Å². The van der Waals surface area contributed by atoms with Gasteiger partial charge in [-0.05, 0) is 49.3 Å². The van der Waals surface area contributed by atoms with Crippen molar-refractivity contribution in [1.29, 1.82) is 0 Å². The van der Waals surface area contributed by atoms with E-state index in [0.717, 1.165) is 30.7 Å². The van der Waals surface area contributed by atoms with Gasteiger partial charge in [0.05, 0.1) is 4.92 Å². The van der Waals surface area contributed by atoms with Gasteiger partial charge in [-0.3, -0.25) is 19.5 Å². The predicted molar refractivity (Wildman–Crippen MR) is 99.8 cm³/mol. The molecule has 0 spiro atoms. The molecule has 0 bridgehead atoms. The molecule has 5 nitrogen and oxygen atoms in total. The Bertz CT molecular complexity index is 845. The van der Waals surface area contributed by atoms with Gasteiger partial charge in [-0.2, -0.15) is 0 Å². The van der Waals surface area contributed by atoms with Crippen LogP contribution >= 0.6 is 0 Å². The van der Waals surface area contributed by atoms with E-state index in [0.29, 0.717) is 35.8 Å². The summed E-state index contributed by atoms with van der Waals surface area (Å²) in [6.07, 6.45) is 7.41. The standard InChI is InChI=1S/C20H24N2O3/c1-4-14-11-15(5-2)19-10-9-18(20(23)21(19)13(14)3)16-7-6-8-17(12-16)22(24)25/h7,9-10,12,14-15H,3-6,8,11H2,1-2H3. The fourth-order valence-corrected chi connectivity index (χ4v) is 3.97. The topological polar surface area (TPSA) is 65.1 Å². The number of allylic oxidation sites excluding steroid dienone is 5. The van der Waals surface area contributed by atoms with Crippen LogP contribution in [0.25, 0.3) is 11.3 Å². The molecule has 1 aliphatic carbocycles. The summed E-state index contributed by atoms with van der Waals surface area (Å²) < 4.78 is 1.76. The lowest BCUT2D eigenvalue weighted by Crippen LogP contribution is -2.33. The average molecular weight is 340 g/mol. The van der Waals surface area contributed by atoms with Gasteiger partial charge in [-0.1, -0.05) is 26.5 Å². The fraction of sp³-hybridized carbons (Fsp3) is 0.450. The van der Waals surface area contributed by atoms with Crippen LogP contribution in [0, 0.1) is 16.0 Å². The van der Waals surface area contributed by atoms with Crippen molar-refractivity contribution in [3.05, 3.63) is 68.3 Å². The molecule has 0 N–H and O–H groups in total. The molecule has 0 aromatic carbocycles. The number of nitrogens with zero attached hydrogens (tertiary/aromatic N) is 2. The first-order valence-electron chi connectivity index (χ1n) is 8.98. The summed E-state index contributed by atoms with van der Waals surface area (Å²) in [6, 6.07) is 3.82. The number of hydrogen-bond donors (Lipinski definition) is 0. The van der Waals surface area contributed by atoms with Crippen molar-refractivity contribution in [2.75, 3.05) is 0 Å². The van der Waals surface area contributed by atoms with Gasteiger partial charge >= 0.3 is 0 Å². The quantitative estimate of drug-likeness (QED) is 0.595. The van der Waals surface area contributed by atoms with Crippen molar-refractivity contribution in [1.82, 2.24) is 4.57 Å². The smallest absolute Gasteiger partial charge is 0.262 e. The van der Waals surface area contributed by atoms with Crippen molar-refractivity contribution in [2.45, 2.75) is 51.9 Å². The zero-order valence-corrected chi connectivity index (χ0v) is 14.8. The Kier molecular flexibility index (Phi) is 4.75. The number of nitro groups is 1. The van der Waals surface area contributed by atoms with Gasteiger partial charge in [-0.25, -0.2) is 0 Å². The normalized spacial score (nSPS) is 22.9. The summed E-state index contributed by atoms with van der Waals surface area (Å²) in [5, 5.41) is 11.1. The Hall–Kier alpha value is -2.43. The van der Waals surface area contributed by atoms with Gasteiger partial charge in [0.15, 0.2) is 0 Å². The van der Waals surface area contributed by atoms with E-state index in [1.165, 1.54) is 6.08 Å². The van der Waals surface area contributed by atoms with Crippen molar-refractivity contribution in [2.24, 2.45) is 5.92 Å². The van der Waals surface area contributed by atoms with Gasteiger partial charge in [0.2, 0.25) is 5.70 Å². The number of aromatic nitrogens is 1. The van der Waals surface area contributed by atoms with Gasteiger partial charge in [0.1, 0.15) is 0 Å². The van der Waals surface area contributed by atoms with Gasteiger partial charge in [-0.15, -0.1) is 0 Å². The summed E-state index contributed by atoms with van der Waals surface area (Å²) in [7, 11) is 0. The second kappa shape index (κ2) is 6.82. The highest BCUT2D eigenvalue weighted by atomic mass is 16.6. The molecule has 25 heavy (non-hydrogen) atoms. The minimum Gasteiger partial charge on any atom is -0.285 e. The number of hydrogen-bond acceptors (Lipinski definition) is 3. The Labute approximate surface area is 147 Å². The van der Waals surface area contributed by atoms with Crippen LogP contribution in [-0.2, 0) is 0 Å². The maximum atomic E-state index is 13.2. The number of pyridine rings is 1. The predicted octanol–water partition coefficient (Wildman–Crippen LogP) is 4.58. The molecular weight excluding hydrogens is 316 g/mol. The second-order valence-electron chi connectivity index (χ2n) is 6.84. The molecule has 132 valence electrons. The van der Waals surface area contributed by atoms with Crippen LogP contribution in [0.4, 0.5) is 0 Å². The average Bonchev–Trinajstić information content (AvgIpc) is 2.62. The van der Waals surface area contributed by atoms with Gasteiger partial charge in [0.25, 0.3) is 5.56 Å². The third-order valence-electron chi connectivity index (χ3n) is 5.48. The molecular formula is C20H24N2O3. The van der Waals surface area contributed by atoms with Crippen molar-refractivity contribution in [3.8, 4) is 0 Å². The van der Waals surface area contributed by atoms with Crippen LogP contribution in [0.3, 0.4) is 0 Å². The third kappa shape index (κ3) is 2.99. The van der Waals surface area contributed by atoms with E-state index in [-0.39, 0.29) is 16.2 Å². The van der Waals surface area contributed by atoms with Crippen LogP contribution in [0.5, 0.6) is 0 Å². The van der Waals surface area contributed by atoms with Crippen molar-refractivity contribution in [3.63, 3.8) is 0 Å². The lowest BCUT2D eigenvalue weighted by atomic mass is 9.82. The molecule has 2 aliphatic rings. The molecule has 5 heteroatoms. The van der Waals surface area contributed by atoms with E-state index in [2.05, 4.69) is 20.4 Å². The monoisotopic (exact) mass is 340 g/mol.